The van der Waals surface area contributed by atoms with Crippen LogP contribution < -0.4 is 4.74 Å². The fourth-order valence-electron chi connectivity index (χ4n) is 2.31. The molecule has 0 aliphatic heterocycles. The van der Waals surface area contributed by atoms with Crippen molar-refractivity contribution in [1.29, 1.82) is 0 Å². The van der Waals surface area contributed by atoms with E-state index in [1.165, 1.54) is 7.11 Å². The third-order valence-corrected chi connectivity index (χ3v) is 3.38. The van der Waals surface area contributed by atoms with E-state index in [2.05, 4.69) is 9.97 Å². The quantitative estimate of drug-likeness (QED) is 0.731. The average Bonchev–Trinajstić information content (AvgIpc) is 2.99. The van der Waals surface area contributed by atoms with Gasteiger partial charge in [0.1, 0.15) is 5.82 Å². The van der Waals surface area contributed by atoms with Gasteiger partial charge in [0.2, 0.25) is 0 Å². The average molecular weight is 310 g/mol. The smallest absolute Gasteiger partial charge is 0.160 e. The molecule has 0 aliphatic rings. The maximum Gasteiger partial charge on any atom is 0.160 e. The molecule has 120 valence electrons. The van der Waals surface area contributed by atoms with E-state index in [9.17, 15) is 5.11 Å². The Morgan fingerprint density at radius 1 is 1.00 bits per heavy atom. The number of nitrogens with one attached hydrogen (secondary N) is 1. The second-order valence-electron chi connectivity index (χ2n) is 4.81. The summed E-state index contributed by atoms with van der Waals surface area (Å²) in [5.74, 6) is 1.28. The van der Waals surface area contributed by atoms with Crippen LogP contribution in [0, 0.1) is 6.92 Å². The molecule has 0 spiro atoms. The number of phenols is 1. The number of hydrogen-bond donors (Lipinski definition) is 2. The van der Waals surface area contributed by atoms with Crippen LogP contribution in [-0.2, 0) is 0 Å². The standard InChI is InChI=1S/C17H16N2O2.C2H6/c1-11-16(12-6-4-3-5-7-12)19-17(18-11)13-8-9-15(21-2)14(20)10-13;1-2/h3-10,20H,1-2H3,(H,18,19);1-2H3. The van der Waals surface area contributed by atoms with Gasteiger partial charge < -0.3 is 14.8 Å². The van der Waals surface area contributed by atoms with Crippen molar-refractivity contribution in [2.24, 2.45) is 0 Å². The van der Waals surface area contributed by atoms with Crippen LogP contribution in [0.15, 0.2) is 48.5 Å². The van der Waals surface area contributed by atoms with Crippen molar-refractivity contribution in [3.8, 4) is 34.1 Å². The molecular weight excluding hydrogens is 288 g/mol. The summed E-state index contributed by atoms with van der Waals surface area (Å²) in [6.45, 7) is 5.99. The predicted octanol–water partition coefficient (Wildman–Crippen LogP) is 4.79. The van der Waals surface area contributed by atoms with Gasteiger partial charge in [-0.05, 0) is 25.1 Å². The maximum absolute atomic E-state index is 9.88. The number of rotatable bonds is 3. The summed E-state index contributed by atoms with van der Waals surface area (Å²) in [5, 5.41) is 9.88. The first-order valence-electron chi connectivity index (χ1n) is 7.68. The lowest BCUT2D eigenvalue weighted by molar-refractivity contribution is 0.373. The molecule has 4 heteroatoms. The van der Waals surface area contributed by atoms with Crippen LogP contribution in [0.2, 0.25) is 0 Å². The van der Waals surface area contributed by atoms with Gasteiger partial charge in [-0.3, -0.25) is 0 Å². The molecule has 23 heavy (non-hydrogen) atoms. The molecule has 0 amide bonds. The largest absolute Gasteiger partial charge is 0.504 e. The SMILES string of the molecule is CC.COc1ccc(-c2nc(-c3ccccc3)c(C)[nH]2)cc1O. The van der Waals surface area contributed by atoms with E-state index in [1.54, 1.807) is 12.1 Å². The third-order valence-electron chi connectivity index (χ3n) is 3.38. The minimum atomic E-state index is 0.102. The first-order valence-corrected chi connectivity index (χ1v) is 7.68. The van der Waals surface area contributed by atoms with Gasteiger partial charge in [-0.25, -0.2) is 4.98 Å². The summed E-state index contributed by atoms with van der Waals surface area (Å²) >= 11 is 0. The van der Waals surface area contributed by atoms with Gasteiger partial charge in [-0.1, -0.05) is 44.2 Å². The Kier molecular flexibility index (Phi) is 5.41. The van der Waals surface area contributed by atoms with Gasteiger partial charge >= 0.3 is 0 Å². The number of imidazole rings is 1. The number of methoxy groups -OCH3 is 1. The normalized spacial score (nSPS) is 9.91. The number of aryl methyl sites for hydroxylation is 1. The molecular formula is C19H22N2O2. The zero-order valence-corrected chi connectivity index (χ0v) is 13.9. The molecule has 1 aromatic heterocycles. The summed E-state index contributed by atoms with van der Waals surface area (Å²) in [6.07, 6.45) is 0. The predicted molar refractivity (Wildman–Crippen MR) is 93.8 cm³/mol. The molecule has 2 N–H and O–H groups in total. The van der Waals surface area contributed by atoms with Gasteiger partial charge in [0.25, 0.3) is 0 Å². The van der Waals surface area contributed by atoms with E-state index < -0.39 is 0 Å². The highest BCUT2D eigenvalue weighted by Crippen LogP contribution is 2.32. The van der Waals surface area contributed by atoms with Crippen LogP contribution in [0.1, 0.15) is 19.5 Å². The Morgan fingerprint density at radius 3 is 2.30 bits per heavy atom. The van der Waals surface area contributed by atoms with Crippen LogP contribution >= 0.6 is 0 Å². The fraction of sp³-hybridized carbons (Fsp3) is 0.211. The molecule has 0 aliphatic carbocycles. The molecule has 0 saturated carbocycles. The van der Waals surface area contributed by atoms with Crippen molar-refractivity contribution >= 4 is 0 Å². The van der Waals surface area contributed by atoms with Crippen molar-refractivity contribution in [1.82, 2.24) is 9.97 Å². The van der Waals surface area contributed by atoms with Gasteiger partial charge in [-0.15, -0.1) is 0 Å². The summed E-state index contributed by atoms with van der Waals surface area (Å²) in [6, 6.07) is 15.2. The molecule has 3 rings (SSSR count). The highest BCUT2D eigenvalue weighted by Gasteiger charge is 2.12. The Labute approximate surface area is 136 Å². The van der Waals surface area contributed by atoms with Gasteiger partial charge in [0.15, 0.2) is 11.5 Å². The van der Waals surface area contributed by atoms with Crippen molar-refractivity contribution in [3.63, 3.8) is 0 Å². The first-order chi connectivity index (χ1) is 11.2. The van der Waals surface area contributed by atoms with Gasteiger partial charge in [0.05, 0.1) is 12.8 Å². The lowest BCUT2D eigenvalue weighted by Crippen LogP contribution is -1.86. The van der Waals surface area contributed by atoms with Crippen LogP contribution in [0.3, 0.4) is 0 Å². The molecule has 0 atom stereocenters. The molecule has 0 radical (unpaired) electrons. The van der Waals surface area contributed by atoms with Crippen molar-refractivity contribution in [2.75, 3.05) is 7.11 Å². The third kappa shape index (κ3) is 3.54. The molecule has 2 aromatic carbocycles. The summed E-state index contributed by atoms with van der Waals surface area (Å²) in [7, 11) is 1.53. The molecule has 0 saturated heterocycles. The molecule has 0 unspecified atom stereocenters. The Hall–Kier alpha value is -2.75. The Morgan fingerprint density at radius 2 is 1.70 bits per heavy atom. The highest BCUT2D eigenvalue weighted by atomic mass is 16.5. The number of aromatic amines is 1. The molecule has 4 nitrogen and oxygen atoms in total. The van der Waals surface area contributed by atoms with E-state index in [-0.39, 0.29) is 5.75 Å². The van der Waals surface area contributed by atoms with Crippen LogP contribution in [-0.4, -0.2) is 22.2 Å². The monoisotopic (exact) mass is 310 g/mol. The Bertz CT molecular complexity index is 764. The Balaban J connectivity index is 0.000000924. The topological polar surface area (TPSA) is 58.1 Å². The van der Waals surface area contributed by atoms with E-state index in [1.807, 2.05) is 57.2 Å². The minimum Gasteiger partial charge on any atom is -0.504 e. The molecule has 1 heterocycles. The number of benzene rings is 2. The minimum absolute atomic E-state index is 0.102. The van der Waals surface area contributed by atoms with Crippen LogP contribution in [0.5, 0.6) is 11.5 Å². The maximum atomic E-state index is 9.88. The summed E-state index contributed by atoms with van der Waals surface area (Å²) in [5.41, 5.74) is 3.79. The van der Waals surface area contributed by atoms with Crippen molar-refractivity contribution in [2.45, 2.75) is 20.8 Å². The first kappa shape index (κ1) is 16.6. The summed E-state index contributed by atoms with van der Waals surface area (Å²) < 4.78 is 5.05. The van der Waals surface area contributed by atoms with Crippen LogP contribution in [0.4, 0.5) is 0 Å². The fourth-order valence-corrected chi connectivity index (χ4v) is 2.31. The zero-order chi connectivity index (χ0) is 16.8. The molecule has 0 bridgehead atoms. The zero-order valence-electron chi connectivity index (χ0n) is 13.9. The van der Waals surface area contributed by atoms with E-state index in [0.717, 1.165) is 28.3 Å². The molecule has 3 aromatic rings. The number of aromatic nitrogens is 2. The van der Waals surface area contributed by atoms with E-state index in [4.69, 9.17) is 4.74 Å². The van der Waals surface area contributed by atoms with Crippen molar-refractivity contribution < 1.29 is 9.84 Å². The van der Waals surface area contributed by atoms with Crippen LogP contribution in [0.25, 0.3) is 22.6 Å². The number of phenolic OH excluding ortho intramolecular Hbond substituents is 1. The van der Waals surface area contributed by atoms with Gasteiger partial charge in [-0.2, -0.15) is 0 Å². The number of ether oxygens (including phenoxy) is 1. The number of hydrogen-bond acceptors (Lipinski definition) is 3. The number of nitrogens with zero attached hydrogens (tertiary/aromatic N) is 1. The lowest BCUT2D eigenvalue weighted by Gasteiger charge is -2.04. The number of aromatic hydroxyl groups is 1. The highest BCUT2D eigenvalue weighted by molar-refractivity contribution is 5.68. The second-order valence-corrected chi connectivity index (χ2v) is 4.81. The number of H-pyrrole nitrogens is 1. The van der Waals surface area contributed by atoms with E-state index >= 15 is 0 Å². The summed E-state index contributed by atoms with van der Waals surface area (Å²) in [4.78, 5) is 7.90. The van der Waals surface area contributed by atoms with Crippen molar-refractivity contribution in [3.05, 3.63) is 54.2 Å². The van der Waals surface area contributed by atoms with E-state index in [0.29, 0.717) is 5.75 Å². The van der Waals surface area contributed by atoms with Gasteiger partial charge in [0, 0.05) is 16.8 Å². The lowest BCUT2D eigenvalue weighted by atomic mass is 10.1. The molecule has 0 fully saturated rings. The second kappa shape index (κ2) is 7.49.